The van der Waals surface area contributed by atoms with Crippen molar-refractivity contribution in [3.05, 3.63) is 35.0 Å². The van der Waals surface area contributed by atoms with Crippen LogP contribution in [-0.4, -0.2) is 44.4 Å². The van der Waals surface area contributed by atoms with E-state index in [4.69, 9.17) is 18.7 Å². The predicted octanol–water partition coefficient (Wildman–Crippen LogP) is 4.45. The summed E-state index contributed by atoms with van der Waals surface area (Å²) >= 11 is 3.09. The molecule has 0 amide bonds. The zero-order valence-electron chi connectivity index (χ0n) is 18.9. The highest BCUT2D eigenvalue weighted by Crippen LogP contribution is 2.59. The third kappa shape index (κ3) is 3.78. The number of methoxy groups -OCH3 is 2. The number of benzene rings is 1. The minimum atomic E-state index is -4.21. The van der Waals surface area contributed by atoms with Crippen LogP contribution in [0.5, 0.6) is 17.4 Å². The van der Waals surface area contributed by atoms with E-state index in [-0.39, 0.29) is 22.3 Å². The quantitative estimate of drug-likeness (QED) is 0.365. The van der Waals surface area contributed by atoms with E-state index in [0.29, 0.717) is 40.9 Å². The van der Waals surface area contributed by atoms with Crippen LogP contribution >= 0.6 is 23.1 Å². The topological polar surface area (TPSA) is 126 Å². The van der Waals surface area contributed by atoms with Crippen molar-refractivity contribution in [2.45, 2.75) is 33.4 Å². The lowest BCUT2D eigenvalue weighted by molar-refractivity contribution is 0.281. The van der Waals surface area contributed by atoms with Gasteiger partial charge in [-0.3, -0.25) is 4.72 Å². The second kappa shape index (κ2) is 8.28. The first-order valence-electron chi connectivity index (χ1n) is 10.7. The fourth-order valence-corrected chi connectivity index (χ4v) is 7.44. The second-order valence-electron chi connectivity index (χ2n) is 8.24. The number of thiazole rings is 1. The van der Waals surface area contributed by atoms with Gasteiger partial charge in [0.15, 0.2) is 20.6 Å². The molecular formula is C22H20N4O6S3. The minimum absolute atomic E-state index is 0.0332. The summed E-state index contributed by atoms with van der Waals surface area (Å²) in [6.07, 6.45) is 2.79. The van der Waals surface area contributed by atoms with Gasteiger partial charge in [-0.1, -0.05) is 16.9 Å². The van der Waals surface area contributed by atoms with E-state index in [1.807, 2.05) is 11.4 Å². The van der Waals surface area contributed by atoms with E-state index in [1.165, 1.54) is 20.3 Å². The van der Waals surface area contributed by atoms with Crippen LogP contribution in [0.1, 0.15) is 23.6 Å². The number of hydrogen-bond donors (Lipinski definition) is 1. The Labute approximate surface area is 209 Å². The Morgan fingerprint density at radius 3 is 2.86 bits per heavy atom. The number of pyridine rings is 1. The number of fused-ring (bicyclic) bond motifs is 5. The Kier molecular flexibility index (Phi) is 5.31. The molecule has 0 radical (unpaired) electrons. The van der Waals surface area contributed by atoms with Crippen molar-refractivity contribution in [3.8, 4) is 17.4 Å². The molecule has 1 fully saturated rings. The van der Waals surface area contributed by atoms with Crippen molar-refractivity contribution < 1.29 is 27.2 Å². The van der Waals surface area contributed by atoms with Gasteiger partial charge in [-0.25, -0.2) is 18.4 Å². The summed E-state index contributed by atoms with van der Waals surface area (Å²) in [4.78, 5) is 9.32. The van der Waals surface area contributed by atoms with Crippen molar-refractivity contribution >= 4 is 49.9 Å². The van der Waals surface area contributed by atoms with Gasteiger partial charge in [-0.05, 0) is 25.3 Å². The van der Waals surface area contributed by atoms with Crippen molar-refractivity contribution in [1.29, 1.82) is 0 Å². The SMILES string of the molecule is COc1cc(C)nc(OC)c1S(=O)(=O)Nc1noc2cc(Sc3nccs3)c3c(c12)OCC1CC31. The molecule has 0 bridgehead atoms. The summed E-state index contributed by atoms with van der Waals surface area (Å²) in [6.45, 7) is 2.29. The molecule has 1 aliphatic carbocycles. The molecule has 182 valence electrons. The monoisotopic (exact) mass is 532 g/mol. The molecule has 0 saturated heterocycles. The van der Waals surface area contributed by atoms with Gasteiger partial charge in [0, 0.05) is 39.7 Å². The molecule has 1 saturated carbocycles. The van der Waals surface area contributed by atoms with Crippen LogP contribution in [0.2, 0.25) is 0 Å². The molecule has 3 aromatic heterocycles. The van der Waals surface area contributed by atoms with Crippen LogP contribution < -0.4 is 18.9 Å². The Morgan fingerprint density at radius 1 is 1.26 bits per heavy atom. The molecule has 1 N–H and O–H groups in total. The summed E-state index contributed by atoms with van der Waals surface area (Å²) < 4.78 is 52.7. The fraction of sp³-hybridized carbons (Fsp3) is 0.318. The zero-order valence-corrected chi connectivity index (χ0v) is 21.3. The molecule has 2 unspecified atom stereocenters. The average molecular weight is 533 g/mol. The molecule has 10 nitrogen and oxygen atoms in total. The molecule has 1 aromatic carbocycles. The molecule has 6 rings (SSSR count). The number of ether oxygens (including phenoxy) is 3. The van der Waals surface area contributed by atoms with Crippen LogP contribution in [0.3, 0.4) is 0 Å². The van der Waals surface area contributed by atoms with Gasteiger partial charge < -0.3 is 18.7 Å². The van der Waals surface area contributed by atoms with E-state index >= 15 is 0 Å². The summed E-state index contributed by atoms with van der Waals surface area (Å²) in [5.74, 6) is 1.47. The van der Waals surface area contributed by atoms with Gasteiger partial charge >= 0.3 is 0 Å². The molecule has 13 heteroatoms. The average Bonchev–Trinajstić information content (AvgIpc) is 3.26. The van der Waals surface area contributed by atoms with Crippen molar-refractivity contribution in [1.82, 2.24) is 15.1 Å². The fourth-order valence-electron chi connectivity index (χ4n) is 4.37. The number of rotatable bonds is 7. The molecule has 2 atom stereocenters. The highest BCUT2D eigenvalue weighted by atomic mass is 32.2. The Balaban J connectivity index is 1.47. The van der Waals surface area contributed by atoms with Crippen LogP contribution in [-0.2, 0) is 10.0 Å². The smallest absolute Gasteiger partial charge is 0.272 e. The number of sulfonamides is 1. The normalized spacial score (nSPS) is 18.5. The molecule has 35 heavy (non-hydrogen) atoms. The second-order valence-corrected chi connectivity index (χ2v) is 12.0. The minimum Gasteiger partial charge on any atom is -0.495 e. The molecule has 4 heterocycles. The summed E-state index contributed by atoms with van der Waals surface area (Å²) in [6, 6.07) is 3.40. The number of nitrogens with zero attached hydrogens (tertiary/aromatic N) is 3. The molecule has 1 aliphatic heterocycles. The van der Waals surface area contributed by atoms with E-state index in [0.717, 1.165) is 21.2 Å². The van der Waals surface area contributed by atoms with E-state index in [1.54, 1.807) is 36.2 Å². The number of aryl methyl sites for hydroxylation is 1. The molecular weight excluding hydrogens is 512 g/mol. The van der Waals surface area contributed by atoms with Gasteiger partial charge in [0.1, 0.15) is 16.9 Å². The summed E-state index contributed by atoms with van der Waals surface area (Å²) in [7, 11) is -1.48. The van der Waals surface area contributed by atoms with Crippen molar-refractivity contribution in [3.63, 3.8) is 0 Å². The first-order valence-corrected chi connectivity index (χ1v) is 13.9. The standard InChI is InChI=1S/C22H20N4O6S3/c1-10-6-14(29-2)19(21(24-10)30-3)35(27,28)26-20-17-13(32-25-20)8-15(34-22-23-4-5-33-22)16-12-7-11(12)9-31-18(16)17/h4-6,8,11-12H,7,9H2,1-3H3,(H,25,26). The van der Waals surface area contributed by atoms with Gasteiger partial charge in [-0.2, -0.15) is 0 Å². The highest BCUT2D eigenvalue weighted by molar-refractivity contribution is 8.01. The predicted molar refractivity (Wildman–Crippen MR) is 129 cm³/mol. The van der Waals surface area contributed by atoms with E-state index in [2.05, 4.69) is 19.8 Å². The first kappa shape index (κ1) is 22.4. The van der Waals surface area contributed by atoms with Crippen LogP contribution in [0, 0.1) is 12.8 Å². The van der Waals surface area contributed by atoms with Crippen molar-refractivity contribution in [2.75, 3.05) is 25.5 Å². The first-order chi connectivity index (χ1) is 16.9. The number of nitrogens with one attached hydrogen (secondary N) is 1. The molecule has 4 aromatic rings. The Morgan fingerprint density at radius 2 is 2.11 bits per heavy atom. The Bertz CT molecular complexity index is 1530. The third-order valence-electron chi connectivity index (χ3n) is 6.01. The zero-order chi connectivity index (χ0) is 24.3. The molecule has 0 spiro atoms. The van der Waals surface area contributed by atoms with E-state index in [9.17, 15) is 8.42 Å². The molecule has 2 aliphatic rings. The highest BCUT2D eigenvalue weighted by Gasteiger charge is 2.47. The lowest BCUT2D eigenvalue weighted by Crippen LogP contribution is -2.17. The summed E-state index contributed by atoms with van der Waals surface area (Å²) in [5, 5.41) is 6.46. The maximum Gasteiger partial charge on any atom is 0.272 e. The van der Waals surface area contributed by atoms with E-state index < -0.39 is 10.0 Å². The van der Waals surface area contributed by atoms with Gasteiger partial charge in [0.05, 0.1) is 20.8 Å². The maximum absolute atomic E-state index is 13.5. The largest absolute Gasteiger partial charge is 0.495 e. The lowest BCUT2D eigenvalue weighted by atomic mass is 10.0. The Hall–Kier alpha value is -3.03. The van der Waals surface area contributed by atoms with Crippen LogP contribution in [0.25, 0.3) is 11.0 Å². The summed E-state index contributed by atoms with van der Waals surface area (Å²) in [5.41, 5.74) is 2.02. The van der Waals surface area contributed by atoms with Crippen molar-refractivity contribution in [2.24, 2.45) is 5.92 Å². The van der Waals surface area contributed by atoms with Crippen LogP contribution in [0.4, 0.5) is 5.82 Å². The number of anilines is 1. The van der Waals surface area contributed by atoms with Gasteiger partial charge in [0.2, 0.25) is 5.88 Å². The van der Waals surface area contributed by atoms with Gasteiger partial charge in [0.25, 0.3) is 10.0 Å². The van der Waals surface area contributed by atoms with Crippen LogP contribution in [0.15, 0.2) is 42.4 Å². The number of hydrogen-bond acceptors (Lipinski definition) is 11. The number of aromatic nitrogens is 3. The lowest BCUT2D eigenvalue weighted by Gasteiger charge is -2.20. The third-order valence-corrected chi connectivity index (χ3v) is 9.33. The maximum atomic E-state index is 13.5. The van der Waals surface area contributed by atoms with Gasteiger partial charge in [-0.15, -0.1) is 11.3 Å².